The van der Waals surface area contributed by atoms with Gasteiger partial charge < -0.3 is 42.3 Å². The molecule has 13 heteroatoms. The Kier molecular flexibility index (Phi) is 7.72. The average Bonchev–Trinajstić information content (AvgIpc) is 2.92. The SMILES string of the molecule is CC(=O)OC1C2COC(OC3OCC4OB(c5ccccc5)OC3C4OC(C)=O)C1OB(c1ccccc1)O2. The van der Waals surface area contributed by atoms with E-state index in [-0.39, 0.29) is 13.2 Å². The van der Waals surface area contributed by atoms with Crippen molar-refractivity contribution in [1.29, 1.82) is 0 Å². The van der Waals surface area contributed by atoms with Gasteiger partial charge in [-0.3, -0.25) is 9.59 Å². The average molecular weight is 538 g/mol. The number of ether oxygens (including phenoxy) is 5. The summed E-state index contributed by atoms with van der Waals surface area (Å²) in [6.45, 7) is 2.83. The molecule has 0 saturated carbocycles. The van der Waals surface area contributed by atoms with E-state index in [1.165, 1.54) is 13.8 Å². The van der Waals surface area contributed by atoms with Gasteiger partial charge in [0.15, 0.2) is 24.8 Å². The maximum Gasteiger partial charge on any atom is 0.494 e. The highest BCUT2D eigenvalue weighted by Gasteiger charge is 2.56. The molecule has 4 fully saturated rings. The third kappa shape index (κ3) is 5.62. The minimum atomic E-state index is -0.998. The lowest BCUT2D eigenvalue weighted by Gasteiger charge is -2.50. The first-order valence-corrected chi connectivity index (χ1v) is 12.9. The van der Waals surface area contributed by atoms with E-state index in [1.54, 1.807) is 0 Å². The molecule has 39 heavy (non-hydrogen) atoms. The second kappa shape index (κ2) is 11.4. The number of carbonyl (C=O) groups excluding carboxylic acids is 2. The Labute approximate surface area is 226 Å². The lowest BCUT2D eigenvalue weighted by Crippen LogP contribution is -2.69. The largest absolute Gasteiger partial charge is 0.494 e. The molecular weight excluding hydrogens is 510 g/mol. The molecule has 8 unspecified atom stereocenters. The number of hydrogen-bond acceptors (Lipinski definition) is 11. The standard InChI is InChI=1S/C26H28B2O11/c1-15(29)33-21-19-13-31-25(23(21)38-27(36-19)17-9-5-3-6-10-17)35-26-24-22(34-16(2)30)20(14-32-26)37-28(39-24)18-11-7-4-8-12-18/h3-12,19-26H,13-14H2,1-2H3. The quantitative estimate of drug-likeness (QED) is 0.364. The van der Waals surface area contributed by atoms with Crippen LogP contribution in [0.2, 0.25) is 0 Å². The van der Waals surface area contributed by atoms with E-state index in [4.69, 9.17) is 42.3 Å². The van der Waals surface area contributed by atoms with Gasteiger partial charge in [0.2, 0.25) is 0 Å². The fraction of sp³-hybridized carbons (Fsp3) is 0.462. The van der Waals surface area contributed by atoms with E-state index >= 15 is 0 Å². The topological polar surface area (TPSA) is 117 Å². The van der Waals surface area contributed by atoms with Crippen LogP contribution >= 0.6 is 0 Å². The molecule has 4 bridgehead atoms. The predicted molar refractivity (Wildman–Crippen MR) is 135 cm³/mol. The Bertz CT molecular complexity index is 1070. The minimum absolute atomic E-state index is 0.0931. The van der Waals surface area contributed by atoms with Crippen LogP contribution in [0.4, 0.5) is 0 Å². The van der Waals surface area contributed by atoms with E-state index in [9.17, 15) is 9.59 Å². The van der Waals surface area contributed by atoms with Gasteiger partial charge >= 0.3 is 26.2 Å². The van der Waals surface area contributed by atoms with Crippen molar-refractivity contribution in [3.05, 3.63) is 60.7 Å². The predicted octanol–water partition coefficient (Wildman–Crippen LogP) is -0.0622. The summed E-state index contributed by atoms with van der Waals surface area (Å²) in [6.07, 6.45) is -6.32. The van der Waals surface area contributed by atoms with Gasteiger partial charge in [-0.15, -0.1) is 0 Å². The van der Waals surface area contributed by atoms with Gasteiger partial charge in [-0.2, -0.15) is 0 Å². The zero-order valence-electron chi connectivity index (χ0n) is 21.5. The van der Waals surface area contributed by atoms with Crippen LogP contribution < -0.4 is 10.9 Å². The van der Waals surface area contributed by atoms with Gasteiger partial charge in [0.1, 0.15) is 24.4 Å². The molecule has 4 saturated heterocycles. The highest BCUT2D eigenvalue weighted by molar-refractivity contribution is 6.62. The minimum Gasteiger partial charge on any atom is -0.457 e. The molecule has 2 aromatic carbocycles. The number of carbonyl (C=O) groups is 2. The molecule has 0 aromatic heterocycles. The summed E-state index contributed by atoms with van der Waals surface area (Å²) < 4.78 is 54.0. The summed E-state index contributed by atoms with van der Waals surface area (Å²) >= 11 is 0. The van der Waals surface area contributed by atoms with Crippen LogP contribution in [-0.2, 0) is 51.9 Å². The number of fused-ring (bicyclic) bond motifs is 4. The third-order valence-electron chi connectivity index (χ3n) is 6.94. The van der Waals surface area contributed by atoms with E-state index < -0.39 is 75.4 Å². The van der Waals surface area contributed by atoms with Crippen molar-refractivity contribution < 1.29 is 51.9 Å². The number of esters is 2. The molecule has 0 N–H and O–H groups in total. The Morgan fingerprint density at radius 3 is 1.46 bits per heavy atom. The van der Waals surface area contributed by atoms with E-state index in [1.807, 2.05) is 60.7 Å². The smallest absolute Gasteiger partial charge is 0.457 e. The lowest BCUT2D eigenvalue weighted by molar-refractivity contribution is -0.358. The summed E-state index contributed by atoms with van der Waals surface area (Å²) in [5.74, 6) is -0.961. The van der Waals surface area contributed by atoms with Gasteiger partial charge in [-0.25, -0.2) is 0 Å². The second-order valence-corrected chi connectivity index (χ2v) is 9.72. The molecule has 4 heterocycles. The van der Waals surface area contributed by atoms with Crippen molar-refractivity contribution in [2.45, 2.75) is 63.1 Å². The molecule has 204 valence electrons. The van der Waals surface area contributed by atoms with Gasteiger partial charge in [0, 0.05) is 13.8 Å². The van der Waals surface area contributed by atoms with Crippen molar-refractivity contribution in [3.63, 3.8) is 0 Å². The normalized spacial score (nSPS) is 33.8. The van der Waals surface area contributed by atoms with Gasteiger partial charge in [0.05, 0.1) is 13.2 Å². The zero-order valence-corrected chi connectivity index (χ0v) is 21.5. The Morgan fingerprint density at radius 1 is 0.667 bits per heavy atom. The first kappa shape index (κ1) is 26.5. The summed E-state index contributed by atoms with van der Waals surface area (Å²) in [5, 5.41) is 0. The fourth-order valence-electron chi connectivity index (χ4n) is 5.24. The summed E-state index contributed by atoms with van der Waals surface area (Å²) in [4.78, 5) is 23.9. The third-order valence-corrected chi connectivity index (χ3v) is 6.94. The van der Waals surface area contributed by atoms with Gasteiger partial charge in [-0.1, -0.05) is 60.7 Å². The summed E-state index contributed by atoms with van der Waals surface area (Å²) in [7, 11) is -1.43. The molecule has 8 atom stereocenters. The molecule has 0 amide bonds. The Balaban J connectivity index is 1.24. The van der Waals surface area contributed by atoms with E-state index in [2.05, 4.69) is 0 Å². The summed E-state index contributed by atoms with van der Waals surface area (Å²) in [5.41, 5.74) is 1.61. The van der Waals surface area contributed by atoms with Crippen molar-refractivity contribution in [2.24, 2.45) is 0 Å². The lowest BCUT2D eigenvalue weighted by atomic mass is 9.75. The van der Waals surface area contributed by atoms with Crippen LogP contribution in [0.5, 0.6) is 0 Å². The molecule has 0 spiro atoms. The highest BCUT2D eigenvalue weighted by atomic mass is 16.8. The first-order valence-electron chi connectivity index (χ1n) is 12.9. The summed E-state index contributed by atoms with van der Waals surface area (Å²) in [6, 6.07) is 18.9. The van der Waals surface area contributed by atoms with Crippen LogP contribution in [0.15, 0.2) is 60.7 Å². The van der Waals surface area contributed by atoms with Crippen molar-refractivity contribution in [2.75, 3.05) is 13.2 Å². The second-order valence-electron chi connectivity index (χ2n) is 9.72. The van der Waals surface area contributed by atoms with Crippen molar-refractivity contribution >= 4 is 37.1 Å². The van der Waals surface area contributed by atoms with Crippen LogP contribution in [0.3, 0.4) is 0 Å². The molecule has 0 aliphatic carbocycles. The monoisotopic (exact) mass is 538 g/mol. The molecule has 4 aliphatic heterocycles. The number of benzene rings is 2. The van der Waals surface area contributed by atoms with Crippen LogP contribution in [0, 0.1) is 0 Å². The number of hydrogen-bond donors (Lipinski definition) is 0. The van der Waals surface area contributed by atoms with Gasteiger partial charge in [-0.05, 0) is 10.9 Å². The molecule has 4 aliphatic rings. The van der Waals surface area contributed by atoms with Crippen molar-refractivity contribution in [3.8, 4) is 0 Å². The molecule has 0 radical (unpaired) electrons. The van der Waals surface area contributed by atoms with Gasteiger partial charge in [0.25, 0.3) is 0 Å². The maximum atomic E-state index is 11.9. The van der Waals surface area contributed by atoms with Crippen LogP contribution in [-0.4, -0.2) is 88.6 Å². The Hall–Kier alpha value is -2.77. The first-order chi connectivity index (χ1) is 19.0. The Morgan fingerprint density at radius 2 is 1.08 bits per heavy atom. The molecule has 11 nitrogen and oxygen atoms in total. The van der Waals surface area contributed by atoms with E-state index in [0.29, 0.717) is 0 Å². The molecule has 2 aromatic rings. The van der Waals surface area contributed by atoms with Crippen molar-refractivity contribution in [1.82, 2.24) is 0 Å². The highest BCUT2D eigenvalue weighted by Crippen LogP contribution is 2.35. The molecule has 6 rings (SSSR count). The van der Waals surface area contributed by atoms with E-state index in [0.717, 1.165) is 10.9 Å². The maximum absolute atomic E-state index is 11.9. The zero-order chi connectivity index (χ0) is 26.9. The molecular formula is C26H28B2O11. The number of rotatable bonds is 6. The van der Waals surface area contributed by atoms with Crippen LogP contribution in [0.25, 0.3) is 0 Å². The van der Waals surface area contributed by atoms with Crippen LogP contribution in [0.1, 0.15) is 13.8 Å². The fourth-order valence-corrected chi connectivity index (χ4v) is 5.24.